The minimum atomic E-state index is 0.389. The van der Waals surface area contributed by atoms with Gasteiger partial charge in [0.25, 0.3) is 0 Å². The molecule has 0 atom stereocenters. The van der Waals surface area contributed by atoms with Crippen molar-refractivity contribution in [1.29, 1.82) is 21.0 Å². The molecule has 4 rings (SSSR count). The molecule has 0 spiro atoms. The Labute approximate surface area is 212 Å². The monoisotopic (exact) mass is 484 g/mol. The molecule has 0 aliphatic carbocycles. The van der Waals surface area contributed by atoms with E-state index in [1.807, 2.05) is 24.3 Å². The van der Waals surface area contributed by atoms with Crippen molar-refractivity contribution in [2.45, 2.75) is 26.0 Å². The third-order valence-corrected chi connectivity index (χ3v) is 7.19. The van der Waals surface area contributed by atoms with Crippen molar-refractivity contribution in [2.24, 2.45) is 0 Å². The number of nitriles is 4. The average Bonchev–Trinajstić information content (AvgIpc) is 2.90. The molecule has 0 N–H and O–H groups in total. The second-order valence-electron chi connectivity index (χ2n) is 7.53. The minimum Gasteiger partial charge on any atom is -0.192 e. The zero-order chi connectivity index (χ0) is 24.6. The highest BCUT2D eigenvalue weighted by molar-refractivity contribution is 7.99. The summed E-state index contributed by atoms with van der Waals surface area (Å²) in [6, 6.07) is 35.4. The van der Waals surface area contributed by atoms with Crippen LogP contribution >= 0.6 is 23.5 Å². The Morgan fingerprint density at radius 1 is 0.429 bits per heavy atom. The molecular formula is C29H16N4S2. The average molecular weight is 485 g/mol. The lowest BCUT2D eigenvalue weighted by Crippen LogP contribution is -1.89. The van der Waals surface area contributed by atoms with Crippen LogP contribution in [0.4, 0.5) is 0 Å². The summed E-state index contributed by atoms with van der Waals surface area (Å²) in [5.41, 5.74) is 3.94. The van der Waals surface area contributed by atoms with Gasteiger partial charge in [0.05, 0.1) is 22.3 Å². The van der Waals surface area contributed by atoms with E-state index in [0.29, 0.717) is 22.3 Å². The molecule has 4 aromatic carbocycles. The van der Waals surface area contributed by atoms with E-state index >= 15 is 0 Å². The van der Waals surface area contributed by atoms with Crippen molar-refractivity contribution in [3.8, 4) is 24.3 Å². The molecule has 0 radical (unpaired) electrons. The predicted octanol–water partition coefficient (Wildman–Crippen LogP) is 7.07. The standard InChI is InChI=1S/C29H16N4S2/c30-16-22-5-11-28(14-24(22)18-32)34-26-7-1-20(2-8-26)13-21-3-9-27(10-4-21)35-29-12-6-23(17-31)25(15-29)19-33/h1-12,14-15H,13H2. The zero-order valence-electron chi connectivity index (χ0n) is 18.4. The lowest BCUT2D eigenvalue weighted by atomic mass is 10.1. The molecule has 0 saturated heterocycles. The second-order valence-corrected chi connectivity index (χ2v) is 9.82. The van der Waals surface area contributed by atoms with Gasteiger partial charge in [0, 0.05) is 19.6 Å². The maximum Gasteiger partial charge on any atom is 0.101 e. The van der Waals surface area contributed by atoms with Crippen LogP contribution in [0, 0.1) is 45.3 Å². The van der Waals surface area contributed by atoms with E-state index < -0.39 is 0 Å². The van der Waals surface area contributed by atoms with Crippen LogP contribution in [-0.4, -0.2) is 0 Å². The summed E-state index contributed by atoms with van der Waals surface area (Å²) in [5.74, 6) is 0. The fourth-order valence-electron chi connectivity index (χ4n) is 3.41. The zero-order valence-corrected chi connectivity index (χ0v) is 20.0. The third kappa shape index (κ3) is 5.92. The van der Waals surface area contributed by atoms with Gasteiger partial charge in [0.15, 0.2) is 0 Å². The summed E-state index contributed by atoms with van der Waals surface area (Å²) < 4.78 is 0. The highest BCUT2D eigenvalue weighted by Gasteiger charge is 2.07. The number of rotatable bonds is 6. The Balaban J connectivity index is 1.39. The normalized spacial score (nSPS) is 9.94. The van der Waals surface area contributed by atoms with Gasteiger partial charge in [-0.3, -0.25) is 0 Å². The summed E-state index contributed by atoms with van der Waals surface area (Å²) in [6.45, 7) is 0. The van der Waals surface area contributed by atoms with Gasteiger partial charge in [0.1, 0.15) is 24.3 Å². The topological polar surface area (TPSA) is 95.2 Å². The fraction of sp³-hybridized carbons (Fsp3) is 0.0345. The molecule has 164 valence electrons. The van der Waals surface area contributed by atoms with Gasteiger partial charge in [-0.15, -0.1) is 0 Å². The summed E-state index contributed by atoms with van der Waals surface area (Å²) in [6.07, 6.45) is 0.806. The van der Waals surface area contributed by atoms with E-state index in [9.17, 15) is 10.5 Å². The molecule has 0 unspecified atom stereocenters. The first-order valence-corrected chi connectivity index (χ1v) is 12.2. The van der Waals surface area contributed by atoms with Gasteiger partial charge in [0.2, 0.25) is 0 Å². The van der Waals surface area contributed by atoms with E-state index in [4.69, 9.17) is 10.5 Å². The van der Waals surface area contributed by atoms with Crippen LogP contribution in [0.25, 0.3) is 0 Å². The van der Waals surface area contributed by atoms with Crippen LogP contribution < -0.4 is 0 Å². The van der Waals surface area contributed by atoms with Gasteiger partial charge in [-0.05, 0) is 78.2 Å². The summed E-state index contributed by atoms with van der Waals surface area (Å²) in [5, 5.41) is 36.6. The largest absolute Gasteiger partial charge is 0.192 e. The van der Waals surface area contributed by atoms with Gasteiger partial charge >= 0.3 is 0 Å². The molecule has 0 heterocycles. The predicted molar refractivity (Wildman–Crippen MR) is 136 cm³/mol. The number of hydrogen-bond acceptors (Lipinski definition) is 6. The minimum absolute atomic E-state index is 0.389. The van der Waals surface area contributed by atoms with E-state index in [2.05, 4.69) is 60.7 Å². The van der Waals surface area contributed by atoms with Gasteiger partial charge in [-0.25, -0.2) is 0 Å². The van der Waals surface area contributed by atoms with Crippen molar-refractivity contribution in [3.05, 3.63) is 118 Å². The molecule has 0 amide bonds. The van der Waals surface area contributed by atoms with Crippen LogP contribution in [0.15, 0.2) is 105 Å². The van der Waals surface area contributed by atoms with Gasteiger partial charge in [-0.2, -0.15) is 21.0 Å². The van der Waals surface area contributed by atoms with Crippen molar-refractivity contribution in [1.82, 2.24) is 0 Å². The third-order valence-electron chi connectivity index (χ3n) is 5.19. The first-order chi connectivity index (χ1) is 17.1. The van der Waals surface area contributed by atoms with Crippen LogP contribution in [-0.2, 0) is 6.42 Å². The van der Waals surface area contributed by atoms with E-state index in [1.54, 1.807) is 47.8 Å². The van der Waals surface area contributed by atoms with Crippen molar-refractivity contribution in [3.63, 3.8) is 0 Å². The van der Waals surface area contributed by atoms with Crippen molar-refractivity contribution in [2.75, 3.05) is 0 Å². The molecule has 0 fully saturated rings. The Hall–Kier alpha value is -4.46. The maximum atomic E-state index is 9.21. The molecule has 0 bridgehead atoms. The second kappa shape index (κ2) is 11.1. The maximum absolute atomic E-state index is 9.21. The lowest BCUT2D eigenvalue weighted by Gasteiger charge is -2.07. The first kappa shape index (κ1) is 23.7. The Bertz CT molecular complexity index is 1430. The number of benzene rings is 4. The Morgan fingerprint density at radius 3 is 1.11 bits per heavy atom. The molecule has 0 saturated carbocycles. The number of hydrogen-bond donors (Lipinski definition) is 0. The lowest BCUT2D eigenvalue weighted by molar-refractivity contribution is 1.17. The smallest absolute Gasteiger partial charge is 0.101 e. The first-order valence-electron chi connectivity index (χ1n) is 10.5. The summed E-state index contributed by atoms with van der Waals surface area (Å²) in [4.78, 5) is 3.97. The molecule has 0 aromatic heterocycles. The van der Waals surface area contributed by atoms with Crippen LogP contribution in [0.5, 0.6) is 0 Å². The molecule has 4 aromatic rings. The Morgan fingerprint density at radius 2 is 0.771 bits per heavy atom. The highest BCUT2D eigenvalue weighted by atomic mass is 32.2. The van der Waals surface area contributed by atoms with Crippen molar-refractivity contribution < 1.29 is 0 Å². The fourth-order valence-corrected chi connectivity index (χ4v) is 5.13. The van der Waals surface area contributed by atoms with Crippen LogP contribution in [0.1, 0.15) is 33.4 Å². The summed E-state index contributed by atoms with van der Waals surface area (Å²) >= 11 is 3.12. The van der Waals surface area contributed by atoms with E-state index in [-0.39, 0.29) is 0 Å². The molecule has 35 heavy (non-hydrogen) atoms. The quantitative estimate of drug-likeness (QED) is 0.290. The Kier molecular flexibility index (Phi) is 7.52. The molecule has 0 aliphatic heterocycles. The van der Waals surface area contributed by atoms with E-state index in [0.717, 1.165) is 26.0 Å². The van der Waals surface area contributed by atoms with Gasteiger partial charge in [-0.1, -0.05) is 47.8 Å². The molecule has 4 nitrogen and oxygen atoms in total. The molecule has 6 heteroatoms. The van der Waals surface area contributed by atoms with Gasteiger partial charge < -0.3 is 0 Å². The summed E-state index contributed by atoms with van der Waals surface area (Å²) in [7, 11) is 0. The van der Waals surface area contributed by atoms with Crippen molar-refractivity contribution >= 4 is 23.5 Å². The molecule has 0 aliphatic rings. The van der Waals surface area contributed by atoms with Crippen LogP contribution in [0.3, 0.4) is 0 Å². The SMILES string of the molecule is N#Cc1ccc(Sc2ccc(Cc3ccc(Sc4ccc(C#N)c(C#N)c4)cc3)cc2)cc1C#N. The highest BCUT2D eigenvalue weighted by Crippen LogP contribution is 2.31. The van der Waals surface area contributed by atoms with E-state index in [1.165, 1.54) is 11.1 Å². The number of nitrogens with zero attached hydrogens (tertiary/aromatic N) is 4. The molecular weight excluding hydrogens is 468 g/mol. The van der Waals surface area contributed by atoms with Crippen LogP contribution in [0.2, 0.25) is 0 Å².